The minimum atomic E-state index is -0.776. The summed E-state index contributed by atoms with van der Waals surface area (Å²) in [6.07, 6.45) is 0.654. The highest BCUT2D eigenvalue weighted by molar-refractivity contribution is 5.76. The second-order valence-electron chi connectivity index (χ2n) is 8.87. The second kappa shape index (κ2) is 13.4. The van der Waals surface area contributed by atoms with E-state index in [-0.39, 0.29) is 6.04 Å². The third-order valence-electron chi connectivity index (χ3n) is 6.82. The van der Waals surface area contributed by atoms with Gasteiger partial charge in [0.2, 0.25) is 0 Å². The van der Waals surface area contributed by atoms with E-state index in [0.717, 1.165) is 41.6 Å². The molecular formula is C28H37NO8. The molecule has 1 heterocycles. The lowest BCUT2D eigenvalue weighted by Crippen LogP contribution is -2.33. The van der Waals surface area contributed by atoms with E-state index in [1.54, 1.807) is 14.2 Å². The summed E-state index contributed by atoms with van der Waals surface area (Å²) in [5.41, 5.74) is 5.24. The number of ether oxygens (including phenoxy) is 6. The van der Waals surface area contributed by atoms with Crippen molar-refractivity contribution in [2.75, 3.05) is 49.2 Å². The molecule has 1 N–H and O–H groups in total. The van der Waals surface area contributed by atoms with Crippen LogP contribution in [0.25, 0.3) is 0 Å². The van der Waals surface area contributed by atoms with Crippen molar-refractivity contribution in [1.29, 1.82) is 0 Å². The fraction of sp³-hybridized carbons (Fsp3) is 0.500. The average molecular weight is 516 g/mol. The van der Waals surface area contributed by atoms with Gasteiger partial charge < -0.3 is 33.7 Å². The van der Waals surface area contributed by atoms with Crippen LogP contribution in [0, 0.1) is 0 Å². The maximum absolute atomic E-state index is 12.3. The number of rotatable bonds is 12. The maximum Gasteiger partial charge on any atom is 0.335 e. The Bertz CT molecular complexity index is 1090. The van der Waals surface area contributed by atoms with Crippen LogP contribution in [0.2, 0.25) is 0 Å². The molecule has 0 bridgehead atoms. The van der Waals surface area contributed by atoms with Gasteiger partial charge in [0.25, 0.3) is 0 Å². The fourth-order valence-electron chi connectivity index (χ4n) is 4.78. The smallest absolute Gasteiger partial charge is 0.335 e. The monoisotopic (exact) mass is 515 g/mol. The number of hydrogen-bond donors (Lipinski definition) is 1. The summed E-state index contributed by atoms with van der Waals surface area (Å²) in [5.74, 6) is 0.460. The zero-order valence-electron chi connectivity index (χ0n) is 22.4. The average Bonchev–Trinajstić information content (AvgIpc) is 2.93. The van der Waals surface area contributed by atoms with Crippen LogP contribution in [-0.4, -0.2) is 73.4 Å². The normalized spacial score (nSPS) is 16.3. The first kappa shape index (κ1) is 28.4. The first-order valence-corrected chi connectivity index (χ1v) is 12.2. The molecule has 202 valence electrons. The van der Waals surface area contributed by atoms with E-state index >= 15 is 0 Å². The number of benzene rings is 2. The molecule has 3 rings (SSSR count). The Labute approximate surface area is 218 Å². The molecule has 1 aliphatic rings. The molecule has 0 saturated carbocycles. The van der Waals surface area contributed by atoms with Crippen LogP contribution >= 0.6 is 0 Å². The first-order valence-electron chi connectivity index (χ1n) is 12.2. The molecule has 0 amide bonds. The van der Waals surface area contributed by atoms with Crippen molar-refractivity contribution >= 4 is 11.9 Å². The van der Waals surface area contributed by atoms with Crippen LogP contribution < -0.4 is 14.8 Å². The van der Waals surface area contributed by atoms with Crippen molar-refractivity contribution in [2.45, 2.75) is 43.9 Å². The lowest BCUT2D eigenvalue weighted by Gasteiger charge is -2.30. The zero-order chi connectivity index (χ0) is 26.9. The third kappa shape index (κ3) is 6.80. The fourth-order valence-corrected chi connectivity index (χ4v) is 4.78. The van der Waals surface area contributed by atoms with Gasteiger partial charge in [-0.3, -0.25) is 0 Å². The van der Waals surface area contributed by atoms with Gasteiger partial charge in [0, 0.05) is 33.1 Å². The van der Waals surface area contributed by atoms with Gasteiger partial charge in [-0.15, -0.1) is 0 Å². The highest BCUT2D eigenvalue weighted by Crippen LogP contribution is 2.33. The molecule has 37 heavy (non-hydrogen) atoms. The Balaban J connectivity index is 2.00. The summed E-state index contributed by atoms with van der Waals surface area (Å²) in [6, 6.07) is 10.2. The summed E-state index contributed by atoms with van der Waals surface area (Å²) in [7, 11) is 8.88. The van der Waals surface area contributed by atoms with Crippen molar-refractivity contribution in [2.24, 2.45) is 0 Å². The third-order valence-corrected chi connectivity index (χ3v) is 6.82. The SMILES string of the molecule is COC(=O)C(Cc1cc2c(cc1CC(OC)C(=O)OC)[C@@H](Cc1ccc(OC)c(OC)c1)NCC2)OC. The van der Waals surface area contributed by atoms with Crippen molar-refractivity contribution in [1.82, 2.24) is 5.32 Å². The Morgan fingerprint density at radius 3 is 1.97 bits per heavy atom. The lowest BCUT2D eigenvalue weighted by atomic mass is 9.84. The molecule has 1 aliphatic heterocycles. The van der Waals surface area contributed by atoms with Gasteiger partial charge in [0.05, 0.1) is 28.4 Å². The van der Waals surface area contributed by atoms with Crippen LogP contribution in [0.15, 0.2) is 30.3 Å². The quantitative estimate of drug-likeness (QED) is 0.428. The van der Waals surface area contributed by atoms with Crippen molar-refractivity contribution < 1.29 is 38.0 Å². The van der Waals surface area contributed by atoms with Crippen LogP contribution in [0.4, 0.5) is 0 Å². The van der Waals surface area contributed by atoms with Gasteiger partial charge in [-0.05, 0) is 59.3 Å². The Morgan fingerprint density at radius 1 is 0.838 bits per heavy atom. The van der Waals surface area contributed by atoms with Crippen molar-refractivity contribution in [3.8, 4) is 11.5 Å². The predicted molar refractivity (Wildman–Crippen MR) is 137 cm³/mol. The van der Waals surface area contributed by atoms with E-state index in [4.69, 9.17) is 28.4 Å². The molecule has 2 aromatic rings. The first-order chi connectivity index (χ1) is 17.9. The zero-order valence-corrected chi connectivity index (χ0v) is 22.4. The molecule has 3 atom stereocenters. The molecular weight excluding hydrogens is 478 g/mol. The summed E-state index contributed by atoms with van der Waals surface area (Å²) in [4.78, 5) is 24.6. The van der Waals surface area contributed by atoms with Gasteiger partial charge in [-0.1, -0.05) is 18.2 Å². The number of esters is 2. The molecule has 0 spiro atoms. The number of carbonyl (C=O) groups is 2. The van der Waals surface area contributed by atoms with Crippen LogP contribution in [0.5, 0.6) is 11.5 Å². The van der Waals surface area contributed by atoms with E-state index in [0.29, 0.717) is 24.3 Å². The number of nitrogens with one attached hydrogen (secondary N) is 1. The molecule has 0 saturated heterocycles. The second-order valence-corrected chi connectivity index (χ2v) is 8.87. The number of hydrogen-bond acceptors (Lipinski definition) is 9. The number of carbonyl (C=O) groups excluding carboxylic acids is 2. The summed E-state index contributed by atoms with van der Waals surface area (Å²) in [5, 5.41) is 3.62. The van der Waals surface area contributed by atoms with Gasteiger partial charge in [-0.25, -0.2) is 9.59 Å². The van der Waals surface area contributed by atoms with Crippen molar-refractivity contribution in [3.63, 3.8) is 0 Å². The van der Waals surface area contributed by atoms with Gasteiger partial charge in [0.1, 0.15) is 0 Å². The molecule has 0 aliphatic carbocycles. The van der Waals surface area contributed by atoms with E-state index in [1.165, 1.54) is 34.0 Å². The summed E-state index contributed by atoms with van der Waals surface area (Å²) in [6.45, 7) is 0.817. The summed E-state index contributed by atoms with van der Waals surface area (Å²) < 4.78 is 31.6. The Hall–Kier alpha value is -3.14. The molecule has 9 nitrogen and oxygen atoms in total. The van der Waals surface area contributed by atoms with Crippen LogP contribution in [0.3, 0.4) is 0 Å². The highest BCUT2D eigenvalue weighted by Gasteiger charge is 2.28. The largest absolute Gasteiger partial charge is 0.493 e. The van der Waals surface area contributed by atoms with Crippen LogP contribution in [0.1, 0.15) is 33.9 Å². The standard InChI is InChI=1S/C28H37NO8/c1-32-23-8-7-17(12-24(23)33-2)11-22-21-14-20(16-26(35-4)28(31)37-6)19(13-18(21)9-10-29-22)15-25(34-3)27(30)36-5/h7-8,12-14,22,25-26,29H,9-11,15-16H2,1-6H3/t22-,25?,26?/m1/s1. The minimum Gasteiger partial charge on any atom is -0.493 e. The van der Waals surface area contributed by atoms with Crippen molar-refractivity contribution in [3.05, 3.63) is 58.1 Å². The van der Waals surface area contributed by atoms with Crippen LogP contribution in [-0.2, 0) is 54.2 Å². The van der Waals surface area contributed by atoms with E-state index < -0.39 is 24.1 Å². The van der Waals surface area contributed by atoms with E-state index in [9.17, 15) is 9.59 Å². The van der Waals surface area contributed by atoms with Gasteiger partial charge in [-0.2, -0.15) is 0 Å². The molecule has 9 heteroatoms. The molecule has 0 radical (unpaired) electrons. The van der Waals surface area contributed by atoms with Gasteiger partial charge in [0.15, 0.2) is 23.7 Å². The molecule has 0 fully saturated rings. The van der Waals surface area contributed by atoms with Gasteiger partial charge >= 0.3 is 11.9 Å². The molecule has 2 aromatic carbocycles. The molecule has 0 aromatic heterocycles. The number of fused-ring (bicyclic) bond motifs is 1. The summed E-state index contributed by atoms with van der Waals surface area (Å²) >= 11 is 0. The lowest BCUT2D eigenvalue weighted by molar-refractivity contribution is -0.153. The maximum atomic E-state index is 12.3. The predicted octanol–water partition coefficient (Wildman–Crippen LogP) is 2.59. The molecule has 2 unspecified atom stereocenters. The Morgan fingerprint density at radius 2 is 1.43 bits per heavy atom. The Kier molecular flexibility index (Phi) is 10.3. The number of methoxy groups -OCH3 is 6. The highest BCUT2D eigenvalue weighted by atomic mass is 16.6. The van der Waals surface area contributed by atoms with E-state index in [2.05, 4.69) is 17.4 Å². The minimum absolute atomic E-state index is 0.0487. The topological polar surface area (TPSA) is 102 Å². The van der Waals surface area contributed by atoms with E-state index in [1.807, 2.05) is 18.2 Å².